The van der Waals surface area contributed by atoms with Gasteiger partial charge < -0.3 is 10.3 Å². The Hall–Kier alpha value is -2.51. The summed E-state index contributed by atoms with van der Waals surface area (Å²) in [5, 5.41) is 3.97. The Balaban J connectivity index is 1.59. The molecule has 5 nitrogen and oxygen atoms in total. The van der Waals surface area contributed by atoms with E-state index in [0.29, 0.717) is 5.56 Å². The summed E-state index contributed by atoms with van der Waals surface area (Å²) in [6.07, 6.45) is 7.68. The smallest absolute Gasteiger partial charge is 0.257 e. The van der Waals surface area contributed by atoms with E-state index in [4.69, 9.17) is 4.98 Å². The number of nitrogens with one attached hydrogen (secondary N) is 2. The van der Waals surface area contributed by atoms with E-state index in [-0.39, 0.29) is 5.91 Å². The van der Waals surface area contributed by atoms with Crippen molar-refractivity contribution in [1.82, 2.24) is 15.0 Å². The summed E-state index contributed by atoms with van der Waals surface area (Å²) in [4.78, 5) is 26.5. The highest BCUT2D eigenvalue weighted by Gasteiger charge is 2.25. The van der Waals surface area contributed by atoms with Crippen LogP contribution in [0.4, 0.5) is 5.00 Å². The number of rotatable bonds is 3. The number of thiophene rings is 1. The van der Waals surface area contributed by atoms with Gasteiger partial charge >= 0.3 is 0 Å². The number of halogens is 1. The number of H-pyrrole nitrogens is 1. The third kappa shape index (κ3) is 3.14. The fourth-order valence-corrected chi connectivity index (χ4v) is 5.34. The van der Waals surface area contributed by atoms with E-state index >= 15 is 0 Å². The lowest BCUT2D eigenvalue weighted by molar-refractivity contribution is 0.102. The number of aromatic amines is 1. The van der Waals surface area contributed by atoms with Gasteiger partial charge in [-0.1, -0.05) is 12.1 Å². The van der Waals surface area contributed by atoms with Gasteiger partial charge in [0.05, 0.1) is 22.2 Å². The van der Waals surface area contributed by atoms with Crippen molar-refractivity contribution < 1.29 is 4.79 Å². The van der Waals surface area contributed by atoms with Gasteiger partial charge in [0.15, 0.2) is 0 Å². The van der Waals surface area contributed by atoms with E-state index in [2.05, 4.69) is 31.2 Å². The number of carbonyl (C=O) groups is 1. The van der Waals surface area contributed by atoms with Crippen LogP contribution in [0.2, 0.25) is 0 Å². The monoisotopic (exact) mass is 452 g/mol. The van der Waals surface area contributed by atoms with Crippen LogP contribution in [0.5, 0.6) is 0 Å². The highest BCUT2D eigenvalue weighted by Crippen LogP contribution is 2.43. The van der Waals surface area contributed by atoms with E-state index < -0.39 is 0 Å². The number of para-hydroxylation sites is 2. The Morgan fingerprint density at radius 1 is 1.18 bits per heavy atom. The van der Waals surface area contributed by atoms with Crippen LogP contribution in [0.3, 0.4) is 0 Å². The molecule has 1 amide bonds. The third-order valence-electron chi connectivity index (χ3n) is 4.99. The van der Waals surface area contributed by atoms with Gasteiger partial charge in [-0.3, -0.25) is 9.78 Å². The van der Waals surface area contributed by atoms with Crippen molar-refractivity contribution in [2.45, 2.75) is 25.7 Å². The number of aromatic nitrogens is 3. The number of anilines is 1. The summed E-state index contributed by atoms with van der Waals surface area (Å²) in [6.45, 7) is 0. The molecule has 0 saturated heterocycles. The molecule has 4 aromatic rings. The van der Waals surface area contributed by atoms with Gasteiger partial charge in [0.25, 0.3) is 5.91 Å². The second-order valence-corrected chi connectivity index (χ2v) is 8.88. The van der Waals surface area contributed by atoms with Crippen molar-refractivity contribution in [2.24, 2.45) is 0 Å². The summed E-state index contributed by atoms with van der Waals surface area (Å²) in [6, 6.07) is 9.78. The highest BCUT2D eigenvalue weighted by molar-refractivity contribution is 9.10. The van der Waals surface area contributed by atoms with Crippen LogP contribution < -0.4 is 5.32 Å². The molecule has 140 valence electrons. The summed E-state index contributed by atoms with van der Waals surface area (Å²) in [7, 11) is 0. The average Bonchev–Trinajstić information content (AvgIpc) is 3.28. The third-order valence-corrected chi connectivity index (χ3v) is 6.63. The van der Waals surface area contributed by atoms with E-state index in [1.54, 1.807) is 29.8 Å². The van der Waals surface area contributed by atoms with Crippen molar-refractivity contribution >= 4 is 49.2 Å². The summed E-state index contributed by atoms with van der Waals surface area (Å²) in [5.74, 6) is 0.660. The number of fused-ring (bicyclic) bond motifs is 2. The summed E-state index contributed by atoms with van der Waals surface area (Å²) >= 11 is 5.05. The lowest BCUT2D eigenvalue weighted by Crippen LogP contribution is -2.12. The lowest BCUT2D eigenvalue weighted by Gasteiger charge is -2.12. The van der Waals surface area contributed by atoms with Crippen LogP contribution in [-0.4, -0.2) is 20.9 Å². The molecule has 0 unspecified atom stereocenters. The molecule has 0 atom stereocenters. The number of hydrogen-bond acceptors (Lipinski definition) is 4. The molecule has 5 rings (SSSR count). The van der Waals surface area contributed by atoms with E-state index in [1.807, 2.05) is 24.3 Å². The predicted molar refractivity (Wildman–Crippen MR) is 116 cm³/mol. The maximum Gasteiger partial charge on any atom is 0.257 e. The van der Waals surface area contributed by atoms with Gasteiger partial charge in [-0.25, -0.2) is 4.98 Å². The number of nitrogens with zero attached hydrogens (tertiary/aromatic N) is 2. The molecule has 0 fully saturated rings. The molecule has 7 heteroatoms. The van der Waals surface area contributed by atoms with Crippen LogP contribution in [0, 0.1) is 0 Å². The van der Waals surface area contributed by atoms with Gasteiger partial charge in [0, 0.05) is 21.7 Å². The standard InChI is InChI=1S/C21H17BrN4OS/c22-13-9-12(10-23-11-13)20(27)26-21-18(14-5-1-4-8-17(14)28-21)19-24-15-6-2-3-7-16(15)25-19/h2-3,6-7,9-11H,1,4-5,8H2,(H,24,25)(H,26,27). The molecule has 0 radical (unpaired) electrons. The molecular weight excluding hydrogens is 436 g/mol. The van der Waals surface area contributed by atoms with Crippen molar-refractivity contribution in [2.75, 3.05) is 5.32 Å². The first-order valence-corrected chi connectivity index (χ1v) is 10.8. The first-order chi connectivity index (χ1) is 13.7. The number of benzene rings is 1. The van der Waals surface area contributed by atoms with Crippen molar-refractivity contribution in [1.29, 1.82) is 0 Å². The van der Waals surface area contributed by atoms with E-state index in [1.165, 1.54) is 23.3 Å². The maximum absolute atomic E-state index is 12.8. The molecular formula is C21H17BrN4OS. The van der Waals surface area contributed by atoms with Crippen LogP contribution in [0.1, 0.15) is 33.6 Å². The second kappa shape index (κ2) is 7.14. The van der Waals surface area contributed by atoms with Gasteiger partial charge in [0.2, 0.25) is 0 Å². The topological polar surface area (TPSA) is 70.7 Å². The van der Waals surface area contributed by atoms with Crippen LogP contribution in [-0.2, 0) is 12.8 Å². The first-order valence-electron chi connectivity index (χ1n) is 9.20. The van der Waals surface area contributed by atoms with Gasteiger partial charge in [-0.15, -0.1) is 11.3 Å². The first kappa shape index (κ1) is 17.6. The second-order valence-electron chi connectivity index (χ2n) is 6.86. The molecule has 1 aliphatic rings. The molecule has 1 aliphatic carbocycles. The normalized spacial score (nSPS) is 13.5. The number of imidazole rings is 1. The Labute approximate surface area is 174 Å². The Morgan fingerprint density at radius 3 is 2.89 bits per heavy atom. The summed E-state index contributed by atoms with van der Waals surface area (Å²) in [5.41, 5.74) is 4.81. The zero-order chi connectivity index (χ0) is 19.1. The van der Waals surface area contributed by atoms with Crippen LogP contribution in [0.25, 0.3) is 22.4 Å². The SMILES string of the molecule is O=C(Nc1sc2c(c1-c1nc3ccccc3[nH]1)CCCC2)c1cncc(Br)c1. The molecule has 0 spiro atoms. The number of carbonyl (C=O) groups excluding carboxylic acids is 1. The Morgan fingerprint density at radius 2 is 2.04 bits per heavy atom. The minimum Gasteiger partial charge on any atom is -0.338 e. The average molecular weight is 453 g/mol. The molecule has 0 bridgehead atoms. The number of hydrogen-bond donors (Lipinski definition) is 2. The fraction of sp³-hybridized carbons (Fsp3) is 0.190. The van der Waals surface area contributed by atoms with Crippen molar-refractivity contribution in [3.05, 3.63) is 63.2 Å². The minimum absolute atomic E-state index is 0.162. The Bertz CT molecular complexity index is 1160. The van der Waals surface area contributed by atoms with Crippen LogP contribution in [0.15, 0.2) is 47.2 Å². The van der Waals surface area contributed by atoms with Gasteiger partial charge in [-0.2, -0.15) is 0 Å². The van der Waals surface area contributed by atoms with Crippen LogP contribution >= 0.6 is 27.3 Å². The summed E-state index contributed by atoms with van der Waals surface area (Å²) < 4.78 is 0.781. The molecule has 0 saturated carbocycles. The number of amides is 1. The van der Waals surface area contributed by atoms with Gasteiger partial charge in [-0.05, 0) is 65.4 Å². The lowest BCUT2D eigenvalue weighted by atomic mass is 9.95. The molecule has 1 aromatic carbocycles. The predicted octanol–water partition coefficient (Wildman–Crippen LogP) is 5.58. The molecule has 2 N–H and O–H groups in total. The van der Waals surface area contributed by atoms with Gasteiger partial charge in [0.1, 0.15) is 10.8 Å². The number of pyridine rings is 1. The molecule has 0 aliphatic heterocycles. The maximum atomic E-state index is 12.8. The Kier molecular flexibility index (Phi) is 4.49. The fourth-order valence-electron chi connectivity index (χ4n) is 3.69. The van der Waals surface area contributed by atoms with E-state index in [0.717, 1.165) is 44.7 Å². The molecule has 28 heavy (non-hydrogen) atoms. The largest absolute Gasteiger partial charge is 0.338 e. The molecule has 3 aromatic heterocycles. The van der Waals surface area contributed by atoms with Crippen molar-refractivity contribution in [3.63, 3.8) is 0 Å². The van der Waals surface area contributed by atoms with E-state index in [9.17, 15) is 4.79 Å². The zero-order valence-corrected chi connectivity index (χ0v) is 17.4. The highest BCUT2D eigenvalue weighted by atomic mass is 79.9. The zero-order valence-electron chi connectivity index (χ0n) is 15.0. The number of aryl methyl sites for hydroxylation is 1. The molecule has 3 heterocycles. The quantitative estimate of drug-likeness (QED) is 0.426. The van der Waals surface area contributed by atoms with Crippen molar-refractivity contribution in [3.8, 4) is 11.4 Å². The minimum atomic E-state index is -0.162.